The standard InChI is InChI=1S/C30H29F3N7O3P/c1-28(14-43-15-28)27(42)39-29-7-10-44(16-29,11-8-29)40-13-21(23-24(34)36-17-37-25(23)40)18-2-4-19(5-3-18)26(41)38-22-12-20(6-9-35-22)30(31,32)33/h2-6,9,12-13,17H,7-8,10-11,14-16H2,1H3,(H3-,34,35,36,37,38,39,41,42)/p+1. The predicted octanol–water partition coefficient (Wildman–Crippen LogP) is 4.83. The van der Waals surface area contributed by atoms with Gasteiger partial charge in [0.2, 0.25) is 5.91 Å². The number of aromatic nitrogens is 4. The highest BCUT2D eigenvalue weighted by Gasteiger charge is 2.64. The molecule has 6 heterocycles. The van der Waals surface area contributed by atoms with E-state index in [-0.39, 0.29) is 22.8 Å². The van der Waals surface area contributed by atoms with E-state index in [9.17, 15) is 22.8 Å². The summed E-state index contributed by atoms with van der Waals surface area (Å²) in [5.74, 6) is -0.379. The lowest BCUT2D eigenvalue weighted by Gasteiger charge is -2.39. The first-order valence-corrected chi connectivity index (χ1v) is 16.5. The fourth-order valence-corrected chi connectivity index (χ4v) is 11.9. The van der Waals surface area contributed by atoms with Gasteiger partial charge >= 0.3 is 6.18 Å². The first-order valence-electron chi connectivity index (χ1n) is 14.2. The van der Waals surface area contributed by atoms with Crippen LogP contribution in [0.25, 0.3) is 22.2 Å². The number of anilines is 2. The summed E-state index contributed by atoms with van der Waals surface area (Å²) in [6.07, 6.45) is 4.66. The molecule has 0 aliphatic carbocycles. The van der Waals surface area contributed by atoms with Crippen molar-refractivity contribution in [2.75, 3.05) is 42.7 Å². The lowest BCUT2D eigenvalue weighted by molar-refractivity contribution is -0.159. The smallest absolute Gasteiger partial charge is 0.383 e. The Hall–Kier alpha value is -4.09. The highest BCUT2D eigenvalue weighted by atomic mass is 31.2. The molecule has 3 aromatic heterocycles. The zero-order chi connectivity index (χ0) is 30.9. The highest BCUT2D eigenvalue weighted by Crippen LogP contribution is 2.74. The van der Waals surface area contributed by atoms with E-state index in [1.807, 2.05) is 6.92 Å². The van der Waals surface area contributed by atoms with Crippen molar-refractivity contribution < 1.29 is 27.5 Å². The molecule has 3 aliphatic heterocycles. The fourth-order valence-electron chi connectivity index (χ4n) is 6.62. The minimum Gasteiger partial charge on any atom is -0.383 e. The summed E-state index contributed by atoms with van der Waals surface area (Å²) in [6.45, 7) is 2.83. The number of carbonyl (C=O) groups excluding carboxylic acids is 2. The molecule has 4 aromatic rings. The molecule has 14 heteroatoms. The summed E-state index contributed by atoms with van der Waals surface area (Å²) in [5, 5.41) is 6.56. The van der Waals surface area contributed by atoms with Crippen molar-refractivity contribution >= 4 is 41.9 Å². The Morgan fingerprint density at radius 2 is 1.80 bits per heavy atom. The average Bonchev–Trinajstić information content (AvgIpc) is 3.67. The number of halogens is 3. The van der Waals surface area contributed by atoms with Crippen molar-refractivity contribution in [1.82, 2.24) is 24.6 Å². The number of carbonyl (C=O) groups is 2. The van der Waals surface area contributed by atoms with Gasteiger partial charge in [-0.25, -0.2) is 19.3 Å². The van der Waals surface area contributed by atoms with Crippen LogP contribution in [-0.4, -0.2) is 68.3 Å². The Labute approximate surface area is 251 Å². The zero-order valence-corrected chi connectivity index (χ0v) is 24.7. The zero-order valence-electron chi connectivity index (χ0n) is 23.8. The quantitative estimate of drug-likeness (QED) is 0.262. The number of rotatable bonds is 6. The fraction of sp³-hybridized carbons (Fsp3) is 0.367. The van der Waals surface area contributed by atoms with E-state index in [2.05, 4.69) is 36.1 Å². The molecule has 10 nitrogen and oxygen atoms in total. The van der Waals surface area contributed by atoms with Gasteiger partial charge in [0.05, 0.1) is 53.6 Å². The lowest BCUT2D eigenvalue weighted by atomic mass is 9.85. The summed E-state index contributed by atoms with van der Waals surface area (Å²) in [6, 6.07) is 8.38. The molecule has 1 aromatic carbocycles. The second kappa shape index (κ2) is 9.97. The Morgan fingerprint density at radius 3 is 2.45 bits per heavy atom. The lowest BCUT2D eigenvalue weighted by Crippen LogP contribution is -2.58. The summed E-state index contributed by atoms with van der Waals surface area (Å²) in [7, 11) is -1.74. The molecule has 3 saturated heterocycles. The molecule has 2 amide bonds. The number of nitrogens with two attached hydrogens (primary N) is 1. The number of nitrogens with zero attached hydrogens (tertiary/aromatic N) is 4. The van der Waals surface area contributed by atoms with Crippen LogP contribution in [-0.2, 0) is 15.7 Å². The first-order chi connectivity index (χ1) is 20.9. The number of ether oxygens (including phenoxy) is 1. The number of pyridine rings is 1. The van der Waals surface area contributed by atoms with E-state index in [0.29, 0.717) is 19.0 Å². The number of fused-ring (bicyclic) bond motifs is 3. The third-order valence-electron chi connectivity index (χ3n) is 9.22. The van der Waals surface area contributed by atoms with Crippen molar-refractivity contribution in [1.29, 1.82) is 0 Å². The number of benzene rings is 1. The van der Waals surface area contributed by atoms with Crippen LogP contribution in [0.4, 0.5) is 24.8 Å². The molecule has 7 rings (SSSR count). The Balaban J connectivity index is 1.16. The summed E-state index contributed by atoms with van der Waals surface area (Å²) in [4.78, 5) is 38.7. The molecular formula is C30H30F3N7O3P+. The van der Waals surface area contributed by atoms with Gasteiger partial charge in [-0.1, -0.05) is 12.1 Å². The number of hydrogen-bond acceptors (Lipinski definition) is 7. The van der Waals surface area contributed by atoms with E-state index >= 15 is 0 Å². The summed E-state index contributed by atoms with van der Waals surface area (Å²) < 4.78 is 46.8. The molecule has 0 unspecified atom stereocenters. The third kappa shape index (κ3) is 4.69. The van der Waals surface area contributed by atoms with Crippen molar-refractivity contribution in [2.24, 2.45) is 5.41 Å². The molecular weight excluding hydrogens is 594 g/mol. The minimum absolute atomic E-state index is 0.0586. The molecule has 228 valence electrons. The van der Waals surface area contributed by atoms with Crippen molar-refractivity contribution in [3.63, 3.8) is 0 Å². The number of hydrogen-bond donors (Lipinski definition) is 3. The minimum atomic E-state index is -4.55. The van der Waals surface area contributed by atoms with Crippen molar-refractivity contribution in [3.8, 4) is 11.1 Å². The predicted molar refractivity (Wildman–Crippen MR) is 161 cm³/mol. The molecule has 3 fully saturated rings. The summed E-state index contributed by atoms with van der Waals surface area (Å²) in [5.41, 5.74) is 7.42. The number of nitrogens with one attached hydrogen (secondary N) is 2. The molecule has 0 saturated carbocycles. The Bertz CT molecular complexity index is 1800. The van der Waals surface area contributed by atoms with Crippen LogP contribution >= 0.6 is 7.41 Å². The topological polar surface area (TPSA) is 137 Å². The van der Waals surface area contributed by atoms with Crippen molar-refractivity contribution in [2.45, 2.75) is 31.5 Å². The van der Waals surface area contributed by atoms with Crippen LogP contribution in [0.5, 0.6) is 0 Å². The van der Waals surface area contributed by atoms with Crippen LogP contribution in [0.3, 0.4) is 0 Å². The number of amides is 2. The maximum Gasteiger partial charge on any atom is 0.416 e. The van der Waals surface area contributed by atoms with E-state index in [4.69, 9.17) is 10.5 Å². The highest BCUT2D eigenvalue weighted by molar-refractivity contribution is 7.75. The normalized spacial score (nSPS) is 23.8. The van der Waals surface area contributed by atoms with E-state index in [1.165, 1.54) is 6.33 Å². The van der Waals surface area contributed by atoms with Crippen LogP contribution in [0.15, 0.2) is 55.1 Å². The monoisotopic (exact) mass is 624 g/mol. The number of alkyl halides is 3. The molecule has 4 N–H and O–H groups in total. The Kier molecular flexibility index (Phi) is 6.49. The maximum absolute atomic E-state index is 13.1. The SMILES string of the molecule is CC1(C(=O)NC23CC[P+](n4cc(-c5ccc(C(=O)Nc6cc(C(F)(F)F)ccn6)cc5)c5c(N)ncnc54)(CC2)C3)COC1. The van der Waals surface area contributed by atoms with Gasteiger partial charge in [-0.05, 0) is 36.8 Å². The van der Waals surface area contributed by atoms with Crippen LogP contribution in [0, 0.1) is 5.41 Å². The third-order valence-corrected chi connectivity index (χ3v) is 13.7. The first kappa shape index (κ1) is 28.7. The maximum atomic E-state index is 13.1. The Morgan fingerprint density at radius 1 is 1.07 bits per heavy atom. The van der Waals surface area contributed by atoms with E-state index in [0.717, 1.165) is 71.8 Å². The van der Waals surface area contributed by atoms with Gasteiger partial charge in [0.25, 0.3) is 5.91 Å². The second-order valence-corrected chi connectivity index (χ2v) is 16.1. The number of nitrogen functional groups attached to an aromatic ring is 1. The average molecular weight is 625 g/mol. The van der Waals surface area contributed by atoms with Gasteiger partial charge in [-0.15, -0.1) is 0 Å². The molecule has 2 bridgehead atoms. The van der Waals surface area contributed by atoms with Gasteiger partial charge < -0.3 is 21.1 Å². The van der Waals surface area contributed by atoms with Gasteiger partial charge in [0, 0.05) is 30.2 Å². The molecule has 44 heavy (non-hydrogen) atoms. The van der Waals surface area contributed by atoms with Crippen LogP contribution < -0.4 is 16.4 Å². The molecule has 0 radical (unpaired) electrons. The summed E-state index contributed by atoms with van der Waals surface area (Å²) >= 11 is 0. The molecule has 0 spiro atoms. The van der Waals surface area contributed by atoms with E-state index < -0.39 is 30.5 Å². The van der Waals surface area contributed by atoms with Gasteiger partial charge in [-0.2, -0.15) is 13.2 Å². The van der Waals surface area contributed by atoms with Gasteiger partial charge in [0.15, 0.2) is 5.65 Å². The van der Waals surface area contributed by atoms with Gasteiger partial charge in [-0.3, -0.25) is 9.59 Å². The largest absolute Gasteiger partial charge is 0.416 e. The van der Waals surface area contributed by atoms with Crippen molar-refractivity contribution in [3.05, 3.63) is 66.2 Å². The van der Waals surface area contributed by atoms with Crippen LogP contribution in [0.1, 0.15) is 35.7 Å². The second-order valence-electron chi connectivity index (χ2n) is 12.3. The van der Waals surface area contributed by atoms with Gasteiger partial charge in [0.1, 0.15) is 31.5 Å². The molecule has 3 aliphatic rings. The van der Waals surface area contributed by atoms with Crippen LogP contribution in [0.2, 0.25) is 0 Å². The van der Waals surface area contributed by atoms with E-state index in [1.54, 1.807) is 24.3 Å². The molecule has 0 atom stereocenters.